The molecule has 2 aromatic heterocycles. The van der Waals surface area contributed by atoms with Gasteiger partial charge < -0.3 is 9.64 Å². The van der Waals surface area contributed by atoms with E-state index in [4.69, 9.17) is 16.3 Å². The van der Waals surface area contributed by atoms with Gasteiger partial charge in [0, 0.05) is 19.5 Å². The molecule has 0 fully saturated rings. The van der Waals surface area contributed by atoms with Gasteiger partial charge in [-0.2, -0.15) is 4.98 Å². The number of fused-ring (bicyclic) bond motifs is 2. The van der Waals surface area contributed by atoms with Crippen LogP contribution in [0.15, 0.2) is 54.6 Å². The van der Waals surface area contributed by atoms with E-state index in [0.29, 0.717) is 22.7 Å². The van der Waals surface area contributed by atoms with Gasteiger partial charge in [-0.25, -0.2) is 9.78 Å². The predicted octanol–water partition coefficient (Wildman–Crippen LogP) is 5.62. The van der Waals surface area contributed by atoms with Gasteiger partial charge in [-0.15, -0.1) is 11.3 Å². The van der Waals surface area contributed by atoms with Crippen LogP contribution < -0.4 is 4.90 Å². The number of carbonyl (C=O) groups is 1. The lowest BCUT2D eigenvalue weighted by atomic mass is 9.99. The van der Waals surface area contributed by atoms with Gasteiger partial charge in [0.15, 0.2) is 0 Å². The third-order valence-electron chi connectivity index (χ3n) is 5.83. The first-order valence-electron chi connectivity index (χ1n) is 10.6. The van der Waals surface area contributed by atoms with E-state index in [-0.39, 0.29) is 11.3 Å². The number of esters is 1. The van der Waals surface area contributed by atoms with Crippen molar-refractivity contribution in [1.29, 1.82) is 0 Å². The molecule has 4 aromatic rings. The Kier molecular flexibility index (Phi) is 5.81. The van der Waals surface area contributed by atoms with Crippen LogP contribution in [-0.4, -0.2) is 29.1 Å². The van der Waals surface area contributed by atoms with Crippen LogP contribution in [0.4, 0.5) is 5.82 Å². The fourth-order valence-corrected chi connectivity index (χ4v) is 5.45. The molecule has 0 saturated heterocycles. The second-order valence-corrected chi connectivity index (χ2v) is 9.20. The fourth-order valence-electron chi connectivity index (χ4n) is 4.16. The first-order chi connectivity index (χ1) is 15.6. The van der Waals surface area contributed by atoms with E-state index >= 15 is 0 Å². The summed E-state index contributed by atoms with van der Waals surface area (Å²) in [5.41, 5.74) is 4.64. The number of aromatic nitrogens is 2. The Bertz CT molecular complexity index is 1290. The van der Waals surface area contributed by atoms with Crippen LogP contribution >= 0.6 is 22.9 Å². The number of benzene rings is 2. The standard InChI is InChI=1S/C25H22ClN3O2S/c1-16-20-22(29-13-11-18-9-5-6-10-19(18)15-29)27-25(26)28-23(20)32-21(16)24(30)31-14-12-17-7-3-2-4-8-17/h2-10H,11-15H2,1H3. The molecule has 0 N–H and O–H groups in total. The highest BCUT2D eigenvalue weighted by Crippen LogP contribution is 2.38. The highest BCUT2D eigenvalue weighted by Gasteiger charge is 2.25. The number of thiophene rings is 1. The van der Waals surface area contributed by atoms with Crippen molar-refractivity contribution in [1.82, 2.24) is 9.97 Å². The number of ether oxygens (including phenoxy) is 1. The van der Waals surface area contributed by atoms with Crippen molar-refractivity contribution in [2.24, 2.45) is 0 Å². The number of anilines is 1. The molecular weight excluding hydrogens is 442 g/mol. The quantitative estimate of drug-likeness (QED) is 0.284. The van der Waals surface area contributed by atoms with Gasteiger partial charge in [0.25, 0.3) is 0 Å². The second-order valence-electron chi connectivity index (χ2n) is 7.86. The summed E-state index contributed by atoms with van der Waals surface area (Å²) in [6, 6.07) is 18.5. The monoisotopic (exact) mass is 463 g/mol. The molecule has 5 rings (SSSR count). The molecular formula is C25H22ClN3O2S. The maximum atomic E-state index is 12.9. The van der Waals surface area contributed by atoms with E-state index in [9.17, 15) is 4.79 Å². The Morgan fingerprint density at radius 3 is 2.66 bits per heavy atom. The maximum absolute atomic E-state index is 12.9. The van der Waals surface area contributed by atoms with Crippen LogP contribution in [0.1, 0.15) is 31.9 Å². The molecule has 32 heavy (non-hydrogen) atoms. The van der Waals surface area contributed by atoms with Crippen LogP contribution in [0.5, 0.6) is 0 Å². The Morgan fingerprint density at radius 2 is 1.84 bits per heavy atom. The summed E-state index contributed by atoms with van der Waals surface area (Å²) >= 11 is 7.60. The SMILES string of the molecule is Cc1c(C(=O)OCCc2ccccc2)sc2nc(Cl)nc(N3CCc4ccccc4C3)c12. The van der Waals surface area contributed by atoms with E-state index in [0.717, 1.165) is 41.8 Å². The Labute approximate surface area is 195 Å². The zero-order valence-corrected chi connectivity index (χ0v) is 19.2. The summed E-state index contributed by atoms with van der Waals surface area (Å²) in [6.07, 6.45) is 1.62. The van der Waals surface area contributed by atoms with E-state index in [1.807, 2.05) is 37.3 Å². The molecule has 0 atom stereocenters. The van der Waals surface area contributed by atoms with Gasteiger partial charge in [0.05, 0.1) is 12.0 Å². The molecule has 0 bridgehead atoms. The average molecular weight is 464 g/mol. The molecule has 0 aliphatic carbocycles. The number of hydrogen-bond acceptors (Lipinski definition) is 6. The molecule has 0 unspecified atom stereocenters. The normalized spacial score (nSPS) is 13.2. The maximum Gasteiger partial charge on any atom is 0.348 e. The third-order valence-corrected chi connectivity index (χ3v) is 7.16. The van der Waals surface area contributed by atoms with Gasteiger partial charge in [0.1, 0.15) is 15.5 Å². The van der Waals surface area contributed by atoms with Crippen molar-refractivity contribution >= 4 is 44.9 Å². The minimum atomic E-state index is -0.326. The summed E-state index contributed by atoms with van der Waals surface area (Å²) < 4.78 is 5.58. The van der Waals surface area contributed by atoms with Crippen molar-refractivity contribution in [3.05, 3.63) is 87.0 Å². The van der Waals surface area contributed by atoms with Crippen molar-refractivity contribution in [3.63, 3.8) is 0 Å². The molecule has 0 spiro atoms. The Morgan fingerprint density at radius 1 is 1.09 bits per heavy atom. The average Bonchev–Trinajstić information content (AvgIpc) is 3.15. The van der Waals surface area contributed by atoms with E-state index < -0.39 is 0 Å². The van der Waals surface area contributed by atoms with Crippen molar-refractivity contribution in [3.8, 4) is 0 Å². The molecule has 1 aliphatic rings. The molecule has 0 radical (unpaired) electrons. The molecule has 2 aromatic carbocycles. The van der Waals surface area contributed by atoms with Gasteiger partial charge in [-0.1, -0.05) is 54.6 Å². The fraction of sp³-hybridized carbons (Fsp3) is 0.240. The highest BCUT2D eigenvalue weighted by molar-refractivity contribution is 7.20. The zero-order chi connectivity index (χ0) is 22.1. The van der Waals surface area contributed by atoms with Gasteiger partial charge >= 0.3 is 5.97 Å². The number of rotatable bonds is 5. The van der Waals surface area contributed by atoms with Gasteiger partial charge in [-0.05, 0) is 47.2 Å². The van der Waals surface area contributed by atoms with E-state index in [1.165, 1.54) is 22.5 Å². The van der Waals surface area contributed by atoms with Gasteiger partial charge in [0.2, 0.25) is 5.28 Å². The lowest BCUT2D eigenvalue weighted by Gasteiger charge is -2.30. The van der Waals surface area contributed by atoms with Crippen LogP contribution in [0.3, 0.4) is 0 Å². The Hall–Kier alpha value is -2.96. The third kappa shape index (κ3) is 4.08. The number of carbonyl (C=O) groups excluding carboxylic acids is 1. The summed E-state index contributed by atoms with van der Waals surface area (Å²) in [7, 11) is 0. The molecule has 1 aliphatic heterocycles. The van der Waals surface area contributed by atoms with Crippen molar-refractivity contribution < 1.29 is 9.53 Å². The topological polar surface area (TPSA) is 55.3 Å². The van der Waals surface area contributed by atoms with Crippen LogP contribution in [0, 0.1) is 6.92 Å². The first-order valence-corrected chi connectivity index (χ1v) is 11.8. The zero-order valence-electron chi connectivity index (χ0n) is 17.7. The van der Waals surface area contributed by atoms with Crippen molar-refractivity contribution in [2.45, 2.75) is 26.3 Å². The number of hydrogen-bond donors (Lipinski definition) is 0. The lowest BCUT2D eigenvalue weighted by Crippen LogP contribution is -2.31. The minimum absolute atomic E-state index is 0.191. The lowest BCUT2D eigenvalue weighted by molar-refractivity contribution is 0.0514. The number of aryl methyl sites for hydroxylation is 1. The first kappa shape index (κ1) is 20.9. The largest absolute Gasteiger partial charge is 0.461 e. The summed E-state index contributed by atoms with van der Waals surface area (Å²) in [5, 5.41) is 1.07. The molecule has 0 amide bonds. The minimum Gasteiger partial charge on any atom is -0.461 e. The number of halogens is 1. The second kappa shape index (κ2) is 8.88. The molecule has 5 nitrogen and oxygen atoms in total. The van der Waals surface area contributed by atoms with Gasteiger partial charge in [-0.3, -0.25) is 0 Å². The molecule has 162 valence electrons. The van der Waals surface area contributed by atoms with Crippen LogP contribution in [0.25, 0.3) is 10.2 Å². The van der Waals surface area contributed by atoms with Crippen LogP contribution in [-0.2, 0) is 24.1 Å². The smallest absolute Gasteiger partial charge is 0.348 e. The van der Waals surface area contributed by atoms with E-state index in [2.05, 4.69) is 39.1 Å². The Balaban J connectivity index is 1.41. The van der Waals surface area contributed by atoms with Crippen molar-refractivity contribution in [2.75, 3.05) is 18.1 Å². The molecule has 7 heteroatoms. The highest BCUT2D eigenvalue weighted by atomic mass is 35.5. The predicted molar refractivity (Wildman–Crippen MR) is 129 cm³/mol. The van der Waals surface area contributed by atoms with E-state index in [1.54, 1.807) is 0 Å². The summed E-state index contributed by atoms with van der Waals surface area (Å²) in [6.45, 7) is 3.86. The summed E-state index contributed by atoms with van der Waals surface area (Å²) in [5.74, 6) is 0.457. The molecule has 0 saturated carbocycles. The molecule has 3 heterocycles. The number of nitrogens with zero attached hydrogens (tertiary/aromatic N) is 3. The van der Waals surface area contributed by atoms with Crippen LogP contribution in [0.2, 0.25) is 5.28 Å². The summed E-state index contributed by atoms with van der Waals surface area (Å²) in [4.78, 5) is 25.3.